The lowest BCUT2D eigenvalue weighted by Crippen LogP contribution is -2.47. The number of nitrogens with zero attached hydrogens (tertiary/aromatic N) is 1. The van der Waals surface area contributed by atoms with Crippen molar-refractivity contribution in [3.8, 4) is 0 Å². The van der Waals surface area contributed by atoms with Crippen LogP contribution in [0.1, 0.15) is 51.9 Å². The second-order valence-corrected chi connectivity index (χ2v) is 8.39. The molecule has 1 fully saturated rings. The Morgan fingerprint density at radius 3 is 2.44 bits per heavy atom. The maximum absolute atomic E-state index is 13.1. The number of benzene rings is 1. The highest BCUT2D eigenvalue weighted by Crippen LogP contribution is 2.27. The van der Waals surface area contributed by atoms with Crippen LogP contribution in [0.5, 0.6) is 0 Å². The molecule has 1 aliphatic carbocycles. The number of sulfonamides is 1. The van der Waals surface area contributed by atoms with Crippen LogP contribution in [-0.4, -0.2) is 37.8 Å². The summed E-state index contributed by atoms with van der Waals surface area (Å²) in [5.41, 5.74) is 0. The first kappa shape index (κ1) is 19.8. The molecule has 5 nitrogen and oxygen atoms in total. The van der Waals surface area contributed by atoms with E-state index in [9.17, 15) is 17.6 Å². The average Bonchev–Trinajstić information content (AvgIpc) is 2.61. The second kappa shape index (κ2) is 9.29. The van der Waals surface area contributed by atoms with Crippen molar-refractivity contribution in [2.45, 2.75) is 62.8 Å². The van der Waals surface area contributed by atoms with E-state index >= 15 is 0 Å². The van der Waals surface area contributed by atoms with Crippen molar-refractivity contribution in [2.24, 2.45) is 0 Å². The summed E-state index contributed by atoms with van der Waals surface area (Å²) < 4.78 is 40.5. The minimum Gasteiger partial charge on any atom is -0.355 e. The van der Waals surface area contributed by atoms with E-state index in [0.29, 0.717) is 6.54 Å². The molecule has 7 heteroatoms. The summed E-state index contributed by atoms with van der Waals surface area (Å²) in [6, 6.07) is 4.60. The summed E-state index contributed by atoms with van der Waals surface area (Å²) in [6.45, 7) is 2.39. The zero-order valence-corrected chi connectivity index (χ0v) is 15.5. The van der Waals surface area contributed by atoms with E-state index in [4.69, 9.17) is 0 Å². The van der Waals surface area contributed by atoms with Gasteiger partial charge in [-0.05, 0) is 43.5 Å². The SMILES string of the molecule is CCCCNC(=O)CN(C1CCCCC1)S(=O)(=O)c1ccc(F)cc1. The molecule has 0 spiro atoms. The predicted molar refractivity (Wildman–Crippen MR) is 95.1 cm³/mol. The molecule has 25 heavy (non-hydrogen) atoms. The lowest BCUT2D eigenvalue weighted by atomic mass is 9.95. The van der Waals surface area contributed by atoms with Crippen molar-refractivity contribution in [2.75, 3.05) is 13.1 Å². The van der Waals surface area contributed by atoms with Crippen LogP contribution < -0.4 is 5.32 Å². The van der Waals surface area contributed by atoms with Crippen LogP contribution in [0, 0.1) is 5.82 Å². The van der Waals surface area contributed by atoms with E-state index in [1.54, 1.807) is 0 Å². The van der Waals surface area contributed by atoms with E-state index in [-0.39, 0.29) is 23.4 Å². The molecule has 0 radical (unpaired) electrons. The van der Waals surface area contributed by atoms with Crippen molar-refractivity contribution in [1.82, 2.24) is 9.62 Å². The molecule has 1 aliphatic rings. The van der Waals surface area contributed by atoms with E-state index in [2.05, 4.69) is 5.32 Å². The molecule has 0 aliphatic heterocycles. The van der Waals surface area contributed by atoms with Gasteiger partial charge in [0.05, 0.1) is 11.4 Å². The Kier molecular flexibility index (Phi) is 7.38. The first-order valence-corrected chi connectivity index (χ1v) is 10.4. The largest absolute Gasteiger partial charge is 0.355 e. The molecule has 0 unspecified atom stereocenters. The van der Waals surface area contributed by atoms with Gasteiger partial charge in [-0.15, -0.1) is 0 Å². The van der Waals surface area contributed by atoms with Gasteiger partial charge in [-0.2, -0.15) is 4.31 Å². The predicted octanol–water partition coefficient (Wildman–Crippen LogP) is 3.07. The lowest BCUT2D eigenvalue weighted by Gasteiger charge is -2.33. The van der Waals surface area contributed by atoms with Gasteiger partial charge in [-0.3, -0.25) is 4.79 Å². The fourth-order valence-corrected chi connectivity index (χ4v) is 4.76. The van der Waals surface area contributed by atoms with Crippen LogP contribution in [0.25, 0.3) is 0 Å². The molecule has 0 bridgehead atoms. The number of carbonyl (C=O) groups excluding carboxylic acids is 1. The highest BCUT2D eigenvalue weighted by atomic mass is 32.2. The Labute approximate surface area is 149 Å². The third-order valence-corrected chi connectivity index (χ3v) is 6.47. The van der Waals surface area contributed by atoms with Crippen LogP contribution >= 0.6 is 0 Å². The number of amides is 1. The standard InChI is InChI=1S/C18H27FN2O3S/c1-2-3-13-20-18(22)14-21(16-7-5-4-6-8-16)25(23,24)17-11-9-15(19)10-12-17/h9-12,16H,2-8,13-14H2,1H3,(H,20,22). The fraction of sp³-hybridized carbons (Fsp3) is 0.611. The summed E-state index contributed by atoms with van der Waals surface area (Å²) in [7, 11) is -3.84. The molecule has 1 aromatic carbocycles. The Morgan fingerprint density at radius 1 is 1.20 bits per heavy atom. The monoisotopic (exact) mass is 370 g/mol. The summed E-state index contributed by atoms with van der Waals surface area (Å²) >= 11 is 0. The molecule has 0 saturated heterocycles. The summed E-state index contributed by atoms with van der Waals surface area (Å²) in [4.78, 5) is 12.3. The van der Waals surface area contributed by atoms with Gasteiger partial charge in [0, 0.05) is 12.6 Å². The lowest BCUT2D eigenvalue weighted by molar-refractivity contribution is -0.121. The number of carbonyl (C=O) groups is 1. The van der Waals surface area contributed by atoms with Gasteiger partial charge < -0.3 is 5.32 Å². The maximum Gasteiger partial charge on any atom is 0.243 e. The number of hydrogen-bond donors (Lipinski definition) is 1. The number of unbranched alkanes of at least 4 members (excludes halogenated alkanes) is 1. The number of rotatable bonds is 8. The van der Waals surface area contributed by atoms with Gasteiger partial charge >= 0.3 is 0 Å². The third-order valence-electron chi connectivity index (χ3n) is 4.55. The minimum absolute atomic E-state index is 0.0285. The Morgan fingerprint density at radius 2 is 1.84 bits per heavy atom. The molecule has 0 atom stereocenters. The van der Waals surface area contributed by atoms with Crippen LogP contribution in [0.2, 0.25) is 0 Å². The average molecular weight is 370 g/mol. The highest BCUT2D eigenvalue weighted by molar-refractivity contribution is 7.89. The molecule has 0 aromatic heterocycles. The van der Waals surface area contributed by atoms with Gasteiger partial charge in [0.1, 0.15) is 5.82 Å². The number of hydrogen-bond acceptors (Lipinski definition) is 3. The quantitative estimate of drug-likeness (QED) is 0.715. The minimum atomic E-state index is -3.84. The first-order valence-electron chi connectivity index (χ1n) is 8.99. The summed E-state index contributed by atoms with van der Waals surface area (Å²) in [5.74, 6) is -0.773. The van der Waals surface area contributed by atoms with E-state index in [1.807, 2.05) is 6.92 Å². The number of nitrogens with one attached hydrogen (secondary N) is 1. The van der Waals surface area contributed by atoms with Gasteiger partial charge in [-0.1, -0.05) is 32.6 Å². The molecule has 1 saturated carbocycles. The van der Waals surface area contributed by atoms with Gasteiger partial charge in [0.25, 0.3) is 0 Å². The van der Waals surface area contributed by atoms with E-state index in [1.165, 1.54) is 16.4 Å². The molecule has 1 aromatic rings. The molecule has 1 amide bonds. The zero-order chi connectivity index (χ0) is 18.3. The van der Waals surface area contributed by atoms with E-state index in [0.717, 1.165) is 57.1 Å². The molecular weight excluding hydrogens is 343 g/mol. The smallest absolute Gasteiger partial charge is 0.243 e. The topological polar surface area (TPSA) is 66.5 Å². The molecular formula is C18H27FN2O3S. The van der Waals surface area contributed by atoms with Crippen molar-refractivity contribution in [3.63, 3.8) is 0 Å². The van der Waals surface area contributed by atoms with Crippen LogP contribution in [-0.2, 0) is 14.8 Å². The molecule has 0 heterocycles. The third kappa shape index (κ3) is 5.51. The zero-order valence-electron chi connectivity index (χ0n) is 14.7. The Hall–Kier alpha value is -1.47. The van der Waals surface area contributed by atoms with E-state index < -0.39 is 15.8 Å². The van der Waals surface area contributed by atoms with Crippen LogP contribution in [0.3, 0.4) is 0 Å². The highest BCUT2D eigenvalue weighted by Gasteiger charge is 2.33. The van der Waals surface area contributed by atoms with Gasteiger partial charge in [-0.25, -0.2) is 12.8 Å². The summed E-state index contributed by atoms with van der Waals surface area (Å²) in [6.07, 6.45) is 6.32. The first-order chi connectivity index (χ1) is 11.9. The fourth-order valence-electron chi connectivity index (χ4n) is 3.12. The second-order valence-electron chi connectivity index (χ2n) is 6.50. The maximum atomic E-state index is 13.1. The Bertz CT molecular complexity index is 655. The summed E-state index contributed by atoms with van der Waals surface area (Å²) in [5, 5.41) is 2.78. The van der Waals surface area contributed by atoms with Crippen LogP contribution in [0.4, 0.5) is 4.39 Å². The molecule has 140 valence electrons. The van der Waals surface area contributed by atoms with Crippen molar-refractivity contribution >= 4 is 15.9 Å². The number of halogens is 1. The van der Waals surface area contributed by atoms with Crippen molar-refractivity contribution in [3.05, 3.63) is 30.1 Å². The Balaban J connectivity index is 2.20. The molecule has 1 N–H and O–H groups in total. The normalized spacial score (nSPS) is 16.1. The van der Waals surface area contributed by atoms with Crippen molar-refractivity contribution < 1.29 is 17.6 Å². The van der Waals surface area contributed by atoms with Gasteiger partial charge in [0.15, 0.2) is 0 Å². The van der Waals surface area contributed by atoms with Crippen LogP contribution in [0.15, 0.2) is 29.2 Å². The van der Waals surface area contributed by atoms with Gasteiger partial charge in [0.2, 0.25) is 15.9 Å². The van der Waals surface area contributed by atoms with Crippen molar-refractivity contribution in [1.29, 1.82) is 0 Å². The molecule has 2 rings (SSSR count).